The Morgan fingerprint density at radius 1 is 0.957 bits per heavy atom. The Labute approximate surface area is 138 Å². The minimum atomic E-state index is 0.0366. The van der Waals surface area contributed by atoms with E-state index in [0.29, 0.717) is 12.5 Å². The summed E-state index contributed by atoms with van der Waals surface area (Å²) in [6.45, 7) is 6.20. The highest BCUT2D eigenvalue weighted by molar-refractivity contribution is 5.79. The van der Waals surface area contributed by atoms with E-state index in [1.165, 1.54) is 22.3 Å². The van der Waals surface area contributed by atoms with Crippen LogP contribution in [-0.2, 0) is 0 Å². The van der Waals surface area contributed by atoms with Crippen LogP contribution < -0.4 is 5.32 Å². The van der Waals surface area contributed by atoms with Crippen molar-refractivity contribution in [1.82, 2.24) is 10.2 Å². The number of rotatable bonds is 5. The zero-order chi connectivity index (χ0) is 16.2. The summed E-state index contributed by atoms with van der Waals surface area (Å²) in [6.07, 6.45) is 0.932. The van der Waals surface area contributed by atoms with Crippen molar-refractivity contribution in [3.63, 3.8) is 0 Å². The molecule has 0 heterocycles. The van der Waals surface area contributed by atoms with E-state index in [1.54, 1.807) is 0 Å². The van der Waals surface area contributed by atoms with Gasteiger partial charge in [0.15, 0.2) is 0 Å². The molecule has 0 bridgehead atoms. The molecular weight excluding hydrogens is 284 g/mol. The van der Waals surface area contributed by atoms with Gasteiger partial charge in [0.05, 0.1) is 0 Å². The topological polar surface area (TPSA) is 32.3 Å². The standard InChI is InChI=1S/C20H24N2O/c1-3-22(4-2)20(23)21-14-13-19-17-11-7-5-9-15(17)16-10-6-8-12-18(16)19/h5-12,19H,3-4,13-14H2,1-2H3,(H,21,23). The quantitative estimate of drug-likeness (QED) is 0.880. The first-order chi connectivity index (χ1) is 11.3. The Kier molecular flexibility index (Phi) is 4.65. The molecule has 0 spiro atoms. The summed E-state index contributed by atoms with van der Waals surface area (Å²) in [5.41, 5.74) is 5.43. The second kappa shape index (κ2) is 6.86. The van der Waals surface area contributed by atoms with Gasteiger partial charge in [-0.05, 0) is 42.5 Å². The van der Waals surface area contributed by atoms with E-state index in [0.717, 1.165) is 19.5 Å². The van der Waals surface area contributed by atoms with Crippen molar-refractivity contribution in [2.24, 2.45) is 0 Å². The van der Waals surface area contributed by atoms with Crippen LogP contribution in [-0.4, -0.2) is 30.6 Å². The molecule has 0 saturated heterocycles. The number of urea groups is 1. The van der Waals surface area contributed by atoms with Crippen LogP contribution in [0.25, 0.3) is 11.1 Å². The molecular formula is C20H24N2O. The van der Waals surface area contributed by atoms with Crippen LogP contribution in [0, 0.1) is 0 Å². The average Bonchev–Trinajstić information content (AvgIpc) is 2.91. The lowest BCUT2D eigenvalue weighted by Crippen LogP contribution is -2.40. The molecule has 0 unspecified atom stereocenters. The maximum absolute atomic E-state index is 12.1. The third kappa shape index (κ3) is 2.96. The molecule has 3 rings (SSSR count). The molecule has 1 N–H and O–H groups in total. The molecule has 0 aromatic heterocycles. The Morgan fingerprint density at radius 3 is 2.00 bits per heavy atom. The first-order valence-corrected chi connectivity index (χ1v) is 8.47. The summed E-state index contributed by atoms with van der Waals surface area (Å²) in [5, 5.41) is 3.06. The van der Waals surface area contributed by atoms with E-state index in [4.69, 9.17) is 0 Å². The summed E-state index contributed by atoms with van der Waals surface area (Å²) < 4.78 is 0. The maximum atomic E-state index is 12.1. The zero-order valence-electron chi connectivity index (χ0n) is 13.9. The van der Waals surface area contributed by atoms with Gasteiger partial charge < -0.3 is 10.2 Å². The van der Waals surface area contributed by atoms with Crippen molar-refractivity contribution in [2.45, 2.75) is 26.2 Å². The minimum absolute atomic E-state index is 0.0366. The predicted molar refractivity (Wildman–Crippen MR) is 94.7 cm³/mol. The Hall–Kier alpha value is -2.29. The van der Waals surface area contributed by atoms with Gasteiger partial charge in [0.2, 0.25) is 0 Å². The van der Waals surface area contributed by atoms with Crippen LogP contribution in [0.15, 0.2) is 48.5 Å². The first-order valence-electron chi connectivity index (χ1n) is 8.47. The maximum Gasteiger partial charge on any atom is 0.317 e. The molecule has 0 saturated carbocycles. The SMILES string of the molecule is CCN(CC)C(=O)NCCC1c2ccccc2-c2ccccc21. The summed E-state index contributed by atoms with van der Waals surface area (Å²) in [4.78, 5) is 13.9. The first kappa shape index (κ1) is 15.6. The van der Waals surface area contributed by atoms with Crippen molar-refractivity contribution in [3.05, 3.63) is 59.7 Å². The fourth-order valence-corrected chi connectivity index (χ4v) is 3.52. The molecule has 0 atom stereocenters. The van der Waals surface area contributed by atoms with Gasteiger partial charge in [0, 0.05) is 25.6 Å². The fraction of sp³-hybridized carbons (Fsp3) is 0.350. The zero-order valence-corrected chi connectivity index (χ0v) is 13.9. The third-order valence-corrected chi connectivity index (χ3v) is 4.72. The Morgan fingerprint density at radius 2 is 1.48 bits per heavy atom. The smallest absolute Gasteiger partial charge is 0.317 e. The second-order valence-electron chi connectivity index (χ2n) is 5.92. The van der Waals surface area contributed by atoms with Crippen molar-refractivity contribution >= 4 is 6.03 Å². The van der Waals surface area contributed by atoms with E-state index in [1.807, 2.05) is 18.7 Å². The van der Waals surface area contributed by atoms with E-state index < -0.39 is 0 Å². The summed E-state index contributed by atoms with van der Waals surface area (Å²) in [7, 11) is 0. The lowest BCUT2D eigenvalue weighted by molar-refractivity contribution is 0.203. The van der Waals surface area contributed by atoms with E-state index in [2.05, 4.69) is 53.8 Å². The molecule has 120 valence electrons. The Bertz CT molecular complexity index is 646. The molecule has 0 aliphatic heterocycles. The van der Waals surface area contributed by atoms with Crippen LogP contribution in [0.2, 0.25) is 0 Å². The second-order valence-corrected chi connectivity index (χ2v) is 5.92. The summed E-state index contributed by atoms with van der Waals surface area (Å²) >= 11 is 0. The number of carbonyl (C=O) groups is 1. The minimum Gasteiger partial charge on any atom is -0.338 e. The van der Waals surface area contributed by atoms with Crippen LogP contribution in [0.3, 0.4) is 0 Å². The van der Waals surface area contributed by atoms with E-state index >= 15 is 0 Å². The molecule has 0 radical (unpaired) electrons. The highest BCUT2D eigenvalue weighted by Crippen LogP contribution is 2.45. The highest BCUT2D eigenvalue weighted by Gasteiger charge is 2.27. The van der Waals surface area contributed by atoms with Gasteiger partial charge in [-0.15, -0.1) is 0 Å². The molecule has 1 aliphatic rings. The summed E-state index contributed by atoms with van der Waals surface area (Å²) in [5.74, 6) is 0.374. The van der Waals surface area contributed by atoms with Crippen LogP contribution in [0.1, 0.15) is 37.3 Å². The normalized spacial score (nSPS) is 12.6. The van der Waals surface area contributed by atoms with Crippen molar-refractivity contribution in [3.8, 4) is 11.1 Å². The molecule has 2 amide bonds. The van der Waals surface area contributed by atoms with Gasteiger partial charge >= 0.3 is 6.03 Å². The lowest BCUT2D eigenvalue weighted by Gasteiger charge is -2.20. The number of fused-ring (bicyclic) bond motifs is 3. The lowest BCUT2D eigenvalue weighted by atomic mass is 9.94. The molecule has 1 aliphatic carbocycles. The number of amides is 2. The van der Waals surface area contributed by atoms with Gasteiger partial charge in [-0.25, -0.2) is 4.79 Å². The third-order valence-electron chi connectivity index (χ3n) is 4.72. The highest BCUT2D eigenvalue weighted by atomic mass is 16.2. The van der Waals surface area contributed by atoms with Gasteiger partial charge in [-0.1, -0.05) is 48.5 Å². The molecule has 2 aromatic rings. The van der Waals surface area contributed by atoms with E-state index in [9.17, 15) is 4.79 Å². The molecule has 3 nitrogen and oxygen atoms in total. The number of nitrogens with zero attached hydrogens (tertiary/aromatic N) is 1. The number of hydrogen-bond acceptors (Lipinski definition) is 1. The summed E-state index contributed by atoms with van der Waals surface area (Å²) in [6, 6.07) is 17.3. The van der Waals surface area contributed by atoms with Crippen LogP contribution in [0.5, 0.6) is 0 Å². The monoisotopic (exact) mass is 308 g/mol. The average molecular weight is 308 g/mol. The molecule has 3 heteroatoms. The van der Waals surface area contributed by atoms with Gasteiger partial charge in [-0.3, -0.25) is 0 Å². The number of hydrogen-bond donors (Lipinski definition) is 1. The largest absolute Gasteiger partial charge is 0.338 e. The van der Waals surface area contributed by atoms with Gasteiger partial charge in [-0.2, -0.15) is 0 Å². The van der Waals surface area contributed by atoms with Crippen LogP contribution in [0.4, 0.5) is 4.79 Å². The number of nitrogens with one attached hydrogen (secondary N) is 1. The number of carbonyl (C=O) groups excluding carboxylic acids is 1. The van der Waals surface area contributed by atoms with Crippen LogP contribution >= 0.6 is 0 Å². The van der Waals surface area contributed by atoms with Crippen molar-refractivity contribution in [2.75, 3.05) is 19.6 Å². The molecule has 0 fully saturated rings. The van der Waals surface area contributed by atoms with E-state index in [-0.39, 0.29) is 6.03 Å². The van der Waals surface area contributed by atoms with Gasteiger partial charge in [0.25, 0.3) is 0 Å². The molecule has 23 heavy (non-hydrogen) atoms. The van der Waals surface area contributed by atoms with Gasteiger partial charge in [0.1, 0.15) is 0 Å². The fourth-order valence-electron chi connectivity index (χ4n) is 3.52. The Balaban J connectivity index is 1.72. The predicted octanol–water partition coefficient (Wildman–Crippen LogP) is 4.24. The van der Waals surface area contributed by atoms with Crippen molar-refractivity contribution in [1.29, 1.82) is 0 Å². The number of benzene rings is 2. The molecule has 2 aromatic carbocycles. The van der Waals surface area contributed by atoms with Crippen molar-refractivity contribution < 1.29 is 4.79 Å².